The molecule has 0 spiro atoms. The van der Waals surface area contributed by atoms with Gasteiger partial charge in [0.1, 0.15) is 0 Å². The van der Waals surface area contributed by atoms with Crippen LogP contribution < -0.4 is 5.32 Å². The van der Waals surface area contributed by atoms with Gasteiger partial charge in [-0.25, -0.2) is 9.59 Å². The number of carboxylic acid groups (broad SMARTS) is 1. The van der Waals surface area contributed by atoms with Gasteiger partial charge in [-0.05, 0) is 95.7 Å². The number of ether oxygens (including phenoxy) is 1. The first kappa shape index (κ1) is 25.8. The summed E-state index contributed by atoms with van der Waals surface area (Å²) in [4.78, 5) is 27.3. The summed E-state index contributed by atoms with van der Waals surface area (Å²) in [6.45, 7) is 18.4. The minimum Gasteiger partial charge on any atom is -0.479 e. The average molecular weight is 467 g/mol. The predicted octanol–water partition coefficient (Wildman–Crippen LogP) is 6.04. The van der Waals surface area contributed by atoms with Crippen LogP contribution in [0.1, 0.15) is 81.0 Å². The predicted molar refractivity (Wildman–Crippen MR) is 135 cm³/mol. The molecule has 0 unspecified atom stereocenters. The summed E-state index contributed by atoms with van der Waals surface area (Å²) >= 11 is 0. The molecule has 184 valence electrons. The molecule has 0 saturated carbocycles. The maximum Gasteiger partial charge on any atom is 0.337 e. The van der Waals surface area contributed by atoms with Crippen LogP contribution in [-0.2, 0) is 22.6 Å². The molecule has 0 fully saturated rings. The minimum absolute atomic E-state index is 0.123. The molecule has 2 amide bonds. The summed E-state index contributed by atoms with van der Waals surface area (Å²) in [6, 6.07) is 8.00. The lowest BCUT2D eigenvalue weighted by Crippen LogP contribution is -2.46. The number of nitrogens with zero attached hydrogens (tertiary/aromatic N) is 1. The minimum atomic E-state index is -1.13. The van der Waals surface area contributed by atoms with Crippen molar-refractivity contribution in [3.63, 3.8) is 0 Å². The number of fused-ring (bicyclic) bond motifs is 1. The van der Waals surface area contributed by atoms with Crippen LogP contribution >= 0.6 is 0 Å². The van der Waals surface area contributed by atoms with E-state index >= 15 is 0 Å². The molecular weight excluding hydrogens is 428 g/mol. The zero-order valence-corrected chi connectivity index (χ0v) is 21.9. The molecule has 0 aromatic heterocycles. The highest BCUT2D eigenvalue weighted by Crippen LogP contribution is 2.43. The Hall–Kier alpha value is -2.86. The van der Waals surface area contributed by atoms with Gasteiger partial charge in [-0.15, -0.1) is 0 Å². The fraction of sp³-hybridized carbons (Fsp3) is 0.500. The largest absolute Gasteiger partial charge is 0.479 e. The molecule has 0 saturated heterocycles. The highest BCUT2D eigenvalue weighted by Gasteiger charge is 2.36. The Bertz CT molecular complexity index is 1110. The molecule has 34 heavy (non-hydrogen) atoms. The molecule has 1 aliphatic rings. The van der Waals surface area contributed by atoms with Gasteiger partial charge in [-0.1, -0.05) is 29.8 Å². The number of urea groups is 1. The topological polar surface area (TPSA) is 78.9 Å². The van der Waals surface area contributed by atoms with E-state index in [1.54, 1.807) is 4.90 Å². The van der Waals surface area contributed by atoms with E-state index in [0.717, 1.165) is 38.9 Å². The molecular formula is C28H38N2O4. The lowest BCUT2D eigenvalue weighted by atomic mass is 9.83. The molecule has 0 radical (unpaired) electrons. The summed E-state index contributed by atoms with van der Waals surface area (Å²) in [5.41, 5.74) is 6.60. The third kappa shape index (κ3) is 5.44. The molecule has 2 aromatic carbocycles. The quantitative estimate of drug-likeness (QED) is 0.575. The van der Waals surface area contributed by atoms with Gasteiger partial charge in [-0.2, -0.15) is 0 Å². The van der Waals surface area contributed by atoms with Crippen LogP contribution in [0, 0.1) is 20.8 Å². The monoisotopic (exact) mass is 466 g/mol. The van der Waals surface area contributed by atoms with Crippen LogP contribution in [0.5, 0.6) is 0 Å². The van der Waals surface area contributed by atoms with Gasteiger partial charge in [0.25, 0.3) is 0 Å². The fourth-order valence-corrected chi connectivity index (χ4v) is 4.57. The number of carbonyl (C=O) groups is 2. The molecule has 2 aromatic rings. The van der Waals surface area contributed by atoms with Gasteiger partial charge in [0, 0.05) is 24.2 Å². The summed E-state index contributed by atoms with van der Waals surface area (Å²) in [6.07, 6.45) is -1.13. The standard InChI is InChI=1S/C28H38N2O4/c1-16-10-12-19(13-11-16)22-17(2)20-14-30(26(33)29-27(4,5)6)15-21(20)18(3)23(22)24(25(31)32)34-28(7,8)9/h10-13,24H,14-15H2,1-9H3,(H,29,33)(H,31,32)/t24-/m0/s1. The Morgan fingerprint density at radius 3 is 1.94 bits per heavy atom. The normalized spacial score (nSPS) is 14.7. The Kier molecular flexibility index (Phi) is 6.87. The maximum atomic E-state index is 13.0. The van der Waals surface area contributed by atoms with E-state index in [-0.39, 0.29) is 11.6 Å². The average Bonchev–Trinajstić information content (AvgIpc) is 3.14. The van der Waals surface area contributed by atoms with Crippen molar-refractivity contribution in [2.45, 2.75) is 92.6 Å². The number of amides is 2. The maximum absolute atomic E-state index is 13.0. The van der Waals surface area contributed by atoms with Crippen molar-refractivity contribution < 1.29 is 19.4 Å². The van der Waals surface area contributed by atoms with Crippen molar-refractivity contribution in [3.8, 4) is 11.1 Å². The van der Waals surface area contributed by atoms with E-state index in [1.807, 2.05) is 86.6 Å². The Morgan fingerprint density at radius 1 is 0.941 bits per heavy atom. The first-order valence-electron chi connectivity index (χ1n) is 11.8. The SMILES string of the molecule is Cc1ccc(-c2c(C)c3c(c(C)c2[C@H](OC(C)(C)C)C(=O)O)CN(C(=O)NC(C)(C)C)C3)cc1. The van der Waals surface area contributed by atoms with Gasteiger partial charge in [0.05, 0.1) is 5.60 Å². The van der Waals surface area contributed by atoms with Gasteiger partial charge in [0.2, 0.25) is 0 Å². The van der Waals surface area contributed by atoms with Gasteiger partial charge in [0.15, 0.2) is 6.10 Å². The smallest absolute Gasteiger partial charge is 0.337 e. The lowest BCUT2D eigenvalue weighted by molar-refractivity contribution is -0.160. The Labute approximate surface area is 203 Å². The van der Waals surface area contributed by atoms with Crippen LogP contribution in [0.25, 0.3) is 11.1 Å². The van der Waals surface area contributed by atoms with Crippen LogP contribution in [-0.4, -0.2) is 33.1 Å². The molecule has 2 N–H and O–H groups in total. The number of benzene rings is 2. The Morgan fingerprint density at radius 2 is 1.47 bits per heavy atom. The van der Waals surface area contributed by atoms with E-state index < -0.39 is 17.7 Å². The van der Waals surface area contributed by atoms with Crippen molar-refractivity contribution in [2.24, 2.45) is 0 Å². The lowest BCUT2D eigenvalue weighted by Gasteiger charge is -2.29. The van der Waals surface area contributed by atoms with Crippen LogP contribution in [0.2, 0.25) is 0 Å². The van der Waals surface area contributed by atoms with Crippen LogP contribution in [0.4, 0.5) is 4.79 Å². The van der Waals surface area contributed by atoms with Crippen LogP contribution in [0.3, 0.4) is 0 Å². The van der Waals surface area contributed by atoms with Crippen molar-refractivity contribution in [1.29, 1.82) is 0 Å². The third-order valence-electron chi connectivity index (χ3n) is 6.08. The van der Waals surface area contributed by atoms with Crippen molar-refractivity contribution in [1.82, 2.24) is 10.2 Å². The first-order valence-corrected chi connectivity index (χ1v) is 11.8. The van der Waals surface area contributed by atoms with Crippen molar-refractivity contribution in [2.75, 3.05) is 0 Å². The van der Waals surface area contributed by atoms with Gasteiger partial charge in [-0.3, -0.25) is 0 Å². The van der Waals surface area contributed by atoms with Gasteiger partial charge < -0.3 is 20.1 Å². The van der Waals surface area contributed by atoms with E-state index in [0.29, 0.717) is 18.7 Å². The second-order valence-corrected chi connectivity index (χ2v) is 11.3. The molecule has 1 aliphatic heterocycles. The van der Waals surface area contributed by atoms with Crippen LogP contribution in [0.15, 0.2) is 24.3 Å². The van der Waals surface area contributed by atoms with E-state index in [1.165, 1.54) is 0 Å². The highest BCUT2D eigenvalue weighted by molar-refractivity contribution is 5.85. The summed E-state index contributed by atoms with van der Waals surface area (Å²) in [5, 5.41) is 13.3. The fourth-order valence-electron chi connectivity index (χ4n) is 4.57. The molecule has 6 heteroatoms. The molecule has 6 nitrogen and oxygen atoms in total. The van der Waals surface area contributed by atoms with E-state index in [4.69, 9.17) is 4.74 Å². The number of hydrogen-bond acceptors (Lipinski definition) is 3. The number of aryl methyl sites for hydroxylation is 1. The zero-order valence-electron chi connectivity index (χ0n) is 21.9. The number of hydrogen-bond donors (Lipinski definition) is 2. The molecule has 1 atom stereocenters. The summed E-state index contributed by atoms with van der Waals surface area (Å²) in [5.74, 6) is -1.02. The first-order chi connectivity index (χ1) is 15.6. The highest BCUT2D eigenvalue weighted by atomic mass is 16.5. The second kappa shape index (κ2) is 9.06. The number of carboxylic acids is 1. The van der Waals surface area contributed by atoms with E-state index in [2.05, 4.69) is 5.32 Å². The number of aliphatic carboxylic acids is 1. The number of nitrogens with one attached hydrogen (secondary N) is 1. The Balaban J connectivity index is 2.23. The zero-order chi connectivity index (χ0) is 25.6. The molecule has 0 aliphatic carbocycles. The molecule has 1 heterocycles. The second-order valence-electron chi connectivity index (χ2n) is 11.3. The molecule has 3 rings (SSSR count). The van der Waals surface area contributed by atoms with Gasteiger partial charge >= 0.3 is 12.0 Å². The van der Waals surface area contributed by atoms with E-state index in [9.17, 15) is 14.7 Å². The van der Waals surface area contributed by atoms with Crippen molar-refractivity contribution >= 4 is 12.0 Å². The molecule has 0 bridgehead atoms. The number of carbonyl (C=O) groups excluding carboxylic acids is 1. The third-order valence-corrected chi connectivity index (χ3v) is 6.08. The summed E-state index contributed by atoms with van der Waals surface area (Å²) < 4.78 is 6.11. The number of rotatable bonds is 4. The summed E-state index contributed by atoms with van der Waals surface area (Å²) in [7, 11) is 0. The van der Waals surface area contributed by atoms with Crippen molar-refractivity contribution in [3.05, 3.63) is 57.6 Å².